The Morgan fingerprint density at radius 1 is 0.683 bits per heavy atom. The molecule has 0 N–H and O–H groups in total. The van der Waals surface area contributed by atoms with E-state index < -0.39 is 30.2 Å². The second kappa shape index (κ2) is 10.6. The van der Waals surface area contributed by atoms with Gasteiger partial charge in [0.2, 0.25) is 0 Å². The third kappa shape index (κ3) is 5.26. The summed E-state index contributed by atoms with van der Waals surface area (Å²) in [5.74, 6) is 0.663. The predicted octanol–water partition coefficient (Wildman–Crippen LogP) is 4.51. The topological polar surface area (TPSA) is 133 Å². The molecule has 4 aromatic carbocycles. The Hall–Kier alpha value is -4.33. The zero-order valence-electron chi connectivity index (χ0n) is 21.7. The van der Waals surface area contributed by atoms with E-state index in [9.17, 15) is 25.3 Å². The van der Waals surface area contributed by atoms with E-state index in [0.717, 1.165) is 6.07 Å². The van der Waals surface area contributed by atoms with E-state index in [0.29, 0.717) is 20.8 Å². The van der Waals surface area contributed by atoms with E-state index in [1.165, 1.54) is 81.0 Å². The van der Waals surface area contributed by atoms with Gasteiger partial charge in [0.25, 0.3) is 20.0 Å². The highest BCUT2D eigenvalue weighted by atomic mass is 32.3. The highest BCUT2D eigenvalue weighted by Crippen LogP contribution is 2.40. The van der Waals surface area contributed by atoms with Gasteiger partial charge in [0.15, 0.2) is 0 Å². The Bertz CT molecular complexity index is 1880. The summed E-state index contributed by atoms with van der Waals surface area (Å²) >= 11 is 0. The fourth-order valence-electron chi connectivity index (χ4n) is 4.14. The van der Waals surface area contributed by atoms with E-state index in [4.69, 9.17) is 13.7 Å². The van der Waals surface area contributed by atoms with Crippen molar-refractivity contribution < 1.29 is 38.9 Å². The first-order valence-electron chi connectivity index (χ1n) is 11.9. The molecule has 10 nitrogen and oxygen atoms in total. The Morgan fingerprint density at radius 2 is 1.20 bits per heavy atom. The van der Waals surface area contributed by atoms with Gasteiger partial charge in [0.05, 0.1) is 29.7 Å². The molecule has 1 aliphatic rings. The van der Waals surface area contributed by atoms with Crippen LogP contribution in [-0.4, -0.2) is 39.5 Å². The van der Waals surface area contributed by atoms with Gasteiger partial charge in [-0.3, -0.25) is 0 Å². The first kappa shape index (κ1) is 28.2. The minimum Gasteiger partial charge on any atom is -0.497 e. The smallest absolute Gasteiger partial charge is 0.339 e. The molecule has 0 unspecified atom stereocenters. The molecule has 0 fully saturated rings. The summed E-state index contributed by atoms with van der Waals surface area (Å²) < 4.78 is 97.4. The Balaban J connectivity index is 1.71. The fourth-order valence-corrected chi connectivity index (χ4v) is 8.99. The van der Waals surface area contributed by atoms with Crippen LogP contribution in [0.15, 0.2) is 107 Å². The molecular weight excluding hydrogens is 591 g/mol. The minimum absolute atomic E-state index is 0.0860. The van der Waals surface area contributed by atoms with Gasteiger partial charge in [-0.2, -0.15) is 12.1 Å². The average molecular weight is 614 g/mol. The molecule has 0 bridgehead atoms. The zero-order chi connectivity index (χ0) is 29.4. The average Bonchev–Trinajstić information content (AvgIpc) is 2.97. The van der Waals surface area contributed by atoms with Gasteiger partial charge in [-0.05, 0) is 78.4 Å². The summed E-state index contributed by atoms with van der Waals surface area (Å²) in [5.41, 5.74) is 0.245. The van der Waals surface area contributed by atoms with Crippen molar-refractivity contribution >= 4 is 46.8 Å². The van der Waals surface area contributed by atoms with Crippen LogP contribution >= 0.6 is 0 Å². The number of ether oxygens (including phenoxy) is 2. The van der Waals surface area contributed by atoms with Crippen LogP contribution in [0.1, 0.15) is 11.1 Å². The first-order valence-corrected chi connectivity index (χ1v) is 16.2. The summed E-state index contributed by atoms with van der Waals surface area (Å²) in [6.07, 6.45) is 1.31. The van der Waals surface area contributed by atoms with Gasteiger partial charge >= 0.3 is 10.1 Å². The van der Waals surface area contributed by atoms with Gasteiger partial charge in [-0.15, -0.1) is 0 Å². The lowest BCUT2D eigenvalue weighted by atomic mass is 10.1. The molecule has 0 spiro atoms. The van der Waals surface area contributed by atoms with Crippen LogP contribution in [0, 0.1) is 0 Å². The molecule has 13 heteroatoms. The number of hydrogen-bond donors (Lipinski definition) is 0. The molecule has 0 atom stereocenters. The van der Waals surface area contributed by atoms with Crippen molar-refractivity contribution in [3.63, 3.8) is 0 Å². The first-order chi connectivity index (χ1) is 19.5. The second-order valence-electron chi connectivity index (χ2n) is 8.69. The Kier molecular flexibility index (Phi) is 7.28. The normalized spacial score (nSPS) is 14.2. The third-order valence-corrected chi connectivity index (χ3v) is 11.7. The summed E-state index contributed by atoms with van der Waals surface area (Å²) in [7, 11) is -10.8. The van der Waals surface area contributed by atoms with Crippen molar-refractivity contribution in [3.05, 3.63) is 108 Å². The van der Waals surface area contributed by atoms with Gasteiger partial charge in [-0.1, -0.05) is 30.3 Å². The van der Waals surface area contributed by atoms with Crippen molar-refractivity contribution in [2.45, 2.75) is 9.79 Å². The number of rotatable bonds is 8. The van der Waals surface area contributed by atoms with E-state index in [1.54, 1.807) is 30.3 Å². The van der Waals surface area contributed by atoms with Gasteiger partial charge in [0.1, 0.15) is 22.2 Å². The molecule has 0 saturated heterocycles. The van der Waals surface area contributed by atoms with Crippen molar-refractivity contribution in [2.24, 2.45) is 0 Å². The van der Waals surface area contributed by atoms with Crippen LogP contribution in [0.4, 0.5) is 5.69 Å². The number of methoxy groups -OCH3 is 2. The molecule has 41 heavy (non-hydrogen) atoms. The minimum atomic E-state index is -4.74. The maximum atomic E-state index is 14.0. The number of benzene rings is 4. The molecule has 0 aliphatic carbocycles. The van der Waals surface area contributed by atoms with Gasteiger partial charge in [-0.25, -0.2) is 16.8 Å². The van der Waals surface area contributed by atoms with Crippen molar-refractivity contribution in [2.75, 3.05) is 17.9 Å². The number of hydrogen-bond acceptors (Lipinski definition) is 9. The maximum Gasteiger partial charge on any atom is 0.339 e. The van der Waals surface area contributed by atoms with E-state index in [1.807, 2.05) is 0 Å². The monoisotopic (exact) mass is 613 g/mol. The van der Waals surface area contributed by atoms with Crippen LogP contribution in [0.3, 0.4) is 0 Å². The third-order valence-electron chi connectivity index (χ3n) is 6.17. The summed E-state index contributed by atoms with van der Waals surface area (Å²) in [6, 6.07) is 22.3. The molecule has 5 rings (SSSR count). The molecule has 212 valence electrons. The number of nitrogens with zero attached hydrogens (tertiary/aromatic N) is 1. The second-order valence-corrected chi connectivity index (χ2v) is 14.0. The molecule has 0 aromatic heterocycles. The highest BCUT2D eigenvalue weighted by Gasteiger charge is 2.38. The van der Waals surface area contributed by atoms with Crippen LogP contribution in [0.5, 0.6) is 17.2 Å². The highest BCUT2D eigenvalue weighted by molar-refractivity contribution is 8.10. The van der Waals surface area contributed by atoms with Crippen LogP contribution in [0.25, 0.3) is 11.0 Å². The largest absolute Gasteiger partial charge is 0.497 e. The van der Waals surface area contributed by atoms with Crippen LogP contribution in [0.2, 0.25) is 0 Å². The molecule has 1 heterocycles. The van der Waals surface area contributed by atoms with Crippen molar-refractivity contribution in [3.8, 4) is 17.2 Å². The van der Waals surface area contributed by atoms with Crippen LogP contribution in [-0.2, 0) is 30.2 Å². The van der Waals surface area contributed by atoms with Gasteiger partial charge in [0, 0.05) is 5.56 Å². The van der Waals surface area contributed by atoms with E-state index in [-0.39, 0.29) is 31.7 Å². The van der Waals surface area contributed by atoms with E-state index in [2.05, 4.69) is 0 Å². The maximum absolute atomic E-state index is 14.0. The van der Waals surface area contributed by atoms with E-state index >= 15 is 0 Å². The van der Waals surface area contributed by atoms with Crippen molar-refractivity contribution in [1.82, 2.24) is 0 Å². The lowest BCUT2D eigenvalue weighted by molar-refractivity contribution is 0.414. The molecule has 0 radical (unpaired) electrons. The lowest BCUT2D eigenvalue weighted by Gasteiger charge is -2.26. The Morgan fingerprint density at radius 3 is 1.68 bits per heavy atom. The quantitative estimate of drug-likeness (QED) is 0.263. The number of fused-ring (bicyclic) bond motifs is 1. The Labute approximate surface area is 238 Å². The standard InChI is InChI=1S/C28H23NO9S3/c1-36-23-9-13-25(14-10-23)39(30,31)29(40(32,33)26-15-11-24(37-2)12-16-26)22-8-17-27-21(18-22)19-28(41(34,35)38-27)20-6-4-3-5-7-20/h3-19H,1-2H3. The predicted molar refractivity (Wildman–Crippen MR) is 153 cm³/mol. The van der Waals surface area contributed by atoms with Gasteiger partial charge < -0.3 is 13.7 Å². The lowest BCUT2D eigenvalue weighted by Crippen LogP contribution is -2.37. The SMILES string of the molecule is COc1ccc(S(=O)(=O)N(c2ccc3c(c2)C=C(c2ccccc2)S(=O)(=O)O3)S(=O)(=O)c2ccc(OC)cc2)cc1. The summed E-state index contributed by atoms with van der Waals surface area (Å²) in [4.78, 5) is -0.787. The molecule has 0 amide bonds. The molecule has 0 saturated carbocycles. The summed E-state index contributed by atoms with van der Waals surface area (Å²) in [5, 5.41) is 0. The molecular formula is C28H23NO9S3. The van der Waals surface area contributed by atoms with Crippen LogP contribution < -0.4 is 17.4 Å². The number of anilines is 1. The number of sulfonamides is 2. The zero-order valence-corrected chi connectivity index (χ0v) is 24.1. The summed E-state index contributed by atoms with van der Waals surface area (Å²) in [6.45, 7) is 0. The fraction of sp³-hybridized carbons (Fsp3) is 0.0714. The molecule has 1 aliphatic heterocycles. The van der Waals surface area contributed by atoms with Crippen molar-refractivity contribution in [1.29, 1.82) is 0 Å². The molecule has 4 aromatic rings.